The van der Waals surface area contributed by atoms with E-state index in [1.165, 1.54) is 34.6 Å². The molecule has 6 nitrogen and oxygen atoms in total. The minimum absolute atomic E-state index is 0.0912. The first kappa shape index (κ1) is 21.5. The number of carbonyl (C=O) groups excluding carboxylic acids is 1. The van der Waals surface area contributed by atoms with Gasteiger partial charge in [0.1, 0.15) is 18.2 Å². The van der Waals surface area contributed by atoms with E-state index in [0.717, 1.165) is 12.8 Å². The Hall–Kier alpha value is -2.16. The van der Waals surface area contributed by atoms with Gasteiger partial charge >= 0.3 is 0 Å². The van der Waals surface area contributed by atoms with Gasteiger partial charge in [-0.05, 0) is 54.8 Å². The van der Waals surface area contributed by atoms with Gasteiger partial charge in [-0.25, -0.2) is 12.8 Å². The number of hydrogen-bond donors (Lipinski definition) is 1. The first-order chi connectivity index (χ1) is 13.9. The van der Waals surface area contributed by atoms with Crippen molar-refractivity contribution in [1.29, 1.82) is 0 Å². The van der Waals surface area contributed by atoms with E-state index in [9.17, 15) is 17.6 Å². The lowest BCUT2D eigenvalue weighted by Crippen LogP contribution is -2.29. The molecule has 1 aliphatic rings. The van der Waals surface area contributed by atoms with Crippen LogP contribution < -0.4 is 10.1 Å². The topological polar surface area (TPSA) is 75.7 Å². The van der Waals surface area contributed by atoms with Gasteiger partial charge in [0.15, 0.2) is 0 Å². The molecular weight excluding hydrogens is 419 g/mol. The molecule has 0 unspecified atom stereocenters. The zero-order valence-corrected chi connectivity index (χ0v) is 17.3. The van der Waals surface area contributed by atoms with Crippen LogP contribution in [0.25, 0.3) is 0 Å². The number of hydrogen-bond acceptors (Lipinski definition) is 4. The molecular formula is C20H22ClFN2O4S. The lowest BCUT2D eigenvalue weighted by molar-refractivity contribution is -0.120. The number of benzene rings is 2. The zero-order valence-electron chi connectivity index (χ0n) is 15.7. The van der Waals surface area contributed by atoms with Crippen LogP contribution in [0, 0.1) is 5.82 Å². The largest absolute Gasteiger partial charge is 0.492 e. The average molecular weight is 441 g/mol. The van der Waals surface area contributed by atoms with E-state index in [1.54, 1.807) is 12.1 Å². The van der Waals surface area contributed by atoms with Crippen molar-refractivity contribution in [2.45, 2.75) is 24.2 Å². The minimum atomic E-state index is -3.45. The lowest BCUT2D eigenvalue weighted by atomic mass is 10.1. The van der Waals surface area contributed by atoms with Crippen molar-refractivity contribution >= 4 is 27.5 Å². The van der Waals surface area contributed by atoms with Crippen molar-refractivity contribution in [3.05, 3.63) is 58.9 Å². The van der Waals surface area contributed by atoms with Crippen LogP contribution in [0.3, 0.4) is 0 Å². The Morgan fingerprint density at radius 3 is 2.48 bits per heavy atom. The van der Waals surface area contributed by atoms with Crippen LogP contribution in [0.2, 0.25) is 5.02 Å². The van der Waals surface area contributed by atoms with Crippen molar-refractivity contribution in [3.63, 3.8) is 0 Å². The van der Waals surface area contributed by atoms with Crippen LogP contribution in [0.5, 0.6) is 5.75 Å². The van der Waals surface area contributed by atoms with Gasteiger partial charge < -0.3 is 10.1 Å². The van der Waals surface area contributed by atoms with Gasteiger partial charge in [0, 0.05) is 18.1 Å². The molecule has 1 amide bonds. The van der Waals surface area contributed by atoms with Gasteiger partial charge in [-0.3, -0.25) is 4.79 Å². The van der Waals surface area contributed by atoms with Crippen molar-refractivity contribution in [2.24, 2.45) is 0 Å². The molecule has 2 aromatic carbocycles. The Morgan fingerprint density at radius 1 is 1.14 bits per heavy atom. The molecule has 29 heavy (non-hydrogen) atoms. The third-order valence-electron chi connectivity index (χ3n) is 4.59. The van der Waals surface area contributed by atoms with E-state index < -0.39 is 15.8 Å². The summed E-state index contributed by atoms with van der Waals surface area (Å²) in [5.74, 6) is -0.349. The molecule has 0 saturated carbocycles. The highest BCUT2D eigenvalue weighted by Gasteiger charge is 2.26. The first-order valence-electron chi connectivity index (χ1n) is 9.30. The molecule has 2 aromatic rings. The number of amides is 1. The highest BCUT2D eigenvalue weighted by Crippen LogP contribution is 2.22. The maximum absolute atomic E-state index is 13.7. The Bertz CT molecular complexity index is 961. The number of nitrogens with one attached hydrogen (secondary N) is 1. The highest BCUT2D eigenvalue weighted by atomic mass is 35.5. The van der Waals surface area contributed by atoms with Crippen molar-refractivity contribution < 1.29 is 22.3 Å². The number of rotatable bonds is 8. The summed E-state index contributed by atoms with van der Waals surface area (Å²) in [6.07, 6.45) is 1.68. The van der Waals surface area contributed by atoms with E-state index in [1.807, 2.05) is 0 Å². The van der Waals surface area contributed by atoms with Gasteiger partial charge in [-0.1, -0.05) is 17.7 Å². The van der Waals surface area contributed by atoms with Crippen LogP contribution in [-0.4, -0.2) is 44.9 Å². The molecule has 156 valence electrons. The summed E-state index contributed by atoms with van der Waals surface area (Å²) < 4.78 is 45.7. The summed E-state index contributed by atoms with van der Waals surface area (Å²) >= 11 is 5.69. The summed E-state index contributed by atoms with van der Waals surface area (Å²) in [5, 5.41) is 2.93. The fourth-order valence-corrected chi connectivity index (χ4v) is 4.72. The molecule has 1 fully saturated rings. The SMILES string of the molecule is O=C(Cc1ccc(Cl)cc1F)NCCOc1ccc(S(=O)(=O)N2CCCC2)cc1. The normalized spacial score (nSPS) is 14.7. The van der Waals surface area contributed by atoms with Gasteiger partial charge in [0.05, 0.1) is 17.9 Å². The summed E-state index contributed by atoms with van der Waals surface area (Å²) in [6.45, 7) is 1.55. The van der Waals surface area contributed by atoms with Crippen molar-refractivity contribution in [1.82, 2.24) is 9.62 Å². The summed E-state index contributed by atoms with van der Waals surface area (Å²) in [7, 11) is -3.45. The quantitative estimate of drug-likeness (QED) is 0.640. The van der Waals surface area contributed by atoms with E-state index >= 15 is 0 Å². The Kier molecular flexibility index (Phi) is 7.10. The predicted octanol–water partition coefficient (Wildman–Crippen LogP) is 3.00. The molecule has 0 atom stereocenters. The number of sulfonamides is 1. The molecule has 0 aliphatic carbocycles. The van der Waals surface area contributed by atoms with E-state index in [2.05, 4.69) is 5.32 Å². The molecule has 3 rings (SSSR count). The molecule has 9 heteroatoms. The fourth-order valence-electron chi connectivity index (χ4n) is 3.05. The van der Waals surface area contributed by atoms with Crippen LogP contribution in [0.4, 0.5) is 4.39 Å². The van der Waals surface area contributed by atoms with Crippen LogP contribution in [0.15, 0.2) is 47.4 Å². The molecule has 0 spiro atoms. The molecule has 1 aliphatic heterocycles. The van der Waals surface area contributed by atoms with Gasteiger partial charge in [0.25, 0.3) is 0 Å². The average Bonchev–Trinajstić information content (AvgIpc) is 3.24. The number of carbonyl (C=O) groups is 1. The van der Waals surface area contributed by atoms with E-state index in [-0.39, 0.29) is 41.0 Å². The number of ether oxygens (including phenoxy) is 1. The highest BCUT2D eigenvalue weighted by molar-refractivity contribution is 7.89. The maximum atomic E-state index is 13.7. The second kappa shape index (κ2) is 9.56. The maximum Gasteiger partial charge on any atom is 0.243 e. The fraction of sp³-hybridized carbons (Fsp3) is 0.350. The third kappa shape index (κ3) is 5.68. The predicted molar refractivity (Wildman–Crippen MR) is 108 cm³/mol. The Balaban J connectivity index is 1.44. The third-order valence-corrected chi connectivity index (χ3v) is 6.73. The molecule has 0 bridgehead atoms. The standard InChI is InChI=1S/C20H22ClFN2O4S/c21-16-4-3-15(19(22)14-16)13-20(25)23-9-12-28-17-5-7-18(8-6-17)29(26,27)24-10-1-2-11-24/h3-8,14H,1-2,9-13H2,(H,23,25). The van der Waals surface area contributed by atoms with Gasteiger partial charge in [0.2, 0.25) is 15.9 Å². The first-order valence-corrected chi connectivity index (χ1v) is 11.1. The van der Waals surface area contributed by atoms with E-state index in [0.29, 0.717) is 18.8 Å². The van der Waals surface area contributed by atoms with Crippen molar-refractivity contribution in [3.8, 4) is 5.75 Å². The summed E-state index contributed by atoms with van der Waals surface area (Å²) in [6, 6.07) is 10.4. The van der Waals surface area contributed by atoms with Gasteiger partial charge in [-0.15, -0.1) is 0 Å². The molecule has 1 N–H and O–H groups in total. The van der Waals surface area contributed by atoms with Crippen LogP contribution in [0.1, 0.15) is 18.4 Å². The Labute approximate surface area is 174 Å². The van der Waals surface area contributed by atoms with Crippen LogP contribution in [-0.2, 0) is 21.2 Å². The summed E-state index contributed by atoms with van der Waals surface area (Å²) in [5.41, 5.74) is 0.266. The second-order valence-corrected chi connectivity index (χ2v) is 9.07. The number of halogens is 2. The van der Waals surface area contributed by atoms with Crippen molar-refractivity contribution in [2.75, 3.05) is 26.2 Å². The monoisotopic (exact) mass is 440 g/mol. The molecule has 1 heterocycles. The lowest BCUT2D eigenvalue weighted by Gasteiger charge is -2.15. The molecule has 0 aromatic heterocycles. The van der Waals surface area contributed by atoms with Crippen LogP contribution >= 0.6 is 11.6 Å². The zero-order chi connectivity index (χ0) is 20.9. The molecule has 0 radical (unpaired) electrons. The Morgan fingerprint density at radius 2 is 1.83 bits per heavy atom. The smallest absolute Gasteiger partial charge is 0.243 e. The molecule has 1 saturated heterocycles. The van der Waals surface area contributed by atoms with Gasteiger partial charge in [-0.2, -0.15) is 4.31 Å². The second-order valence-electron chi connectivity index (χ2n) is 6.69. The summed E-state index contributed by atoms with van der Waals surface area (Å²) in [4.78, 5) is 12.1. The minimum Gasteiger partial charge on any atom is -0.492 e. The number of nitrogens with zero attached hydrogens (tertiary/aromatic N) is 1. The van der Waals surface area contributed by atoms with E-state index in [4.69, 9.17) is 16.3 Å².